The molecule has 1 heterocycles. The van der Waals surface area contributed by atoms with E-state index in [0.717, 1.165) is 51.0 Å². The Balaban J connectivity index is 0.00000280. The smallest absolute Gasteiger partial charge is 0.256 e. The number of carbonyl (C=O) groups is 1. The lowest BCUT2D eigenvalue weighted by molar-refractivity contribution is 0.0788. The summed E-state index contributed by atoms with van der Waals surface area (Å²) < 4.78 is 42.5. The van der Waals surface area contributed by atoms with Crippen LogP contribution >= 0.6 is 12.4 Å². The summed E-state index contributed by atoms with van der Waals surface area (Å²) in [4.78, 5) is 13.8. The maximum Gasteiger partial charge on any atom is 0.256 e. The quantitative estimate of drug-likeness (QED) is 0.721. The van der Waals surface area contributed by atoms with E-state index in [9.17, 15) is 17.6 Å². The molecule has 28 heavy (non-hydrogen) atoms. The Morgan fingerprint density at radius 1 is 1.18 bits per heavy atom. The van der Waals surface area contributed by atoms with Crippen LogP contribution < -0.4 is 10.5 Å². The van der Waals surface area contributed by atoms with E-state index in [-0.39, 0.29) is 47.3 Å². The third kappa shape index (κ3) is 5.23. The van der Waals surface area contributed by atoms with Crippen molar-refractivity contribution in [2.75, 3.05) is 19.6 Å². The van der Waals surface area contributed by atoms with Gasteiger partial charge >= 0.3 is 0 Å². The first-order valence-electron chi connectivity index (χ1n) is 9.73. The van der Waals surface area contributed by atoms with Crippen molar-refractivity contribution in [3.8, 4) is 0 Å². The number of amides is 1. The van der Waals surface area contributed by atoms with Gasteiger partial charge in [-0.1, -0.05) is 19.3 Å². The van der Waals surface area contributed by atoms with Gasteiger partial charge in [0.05, 0.1) is 10.5 Å². The molecule has 9 heteroatoms. The van der Waals surface area contributed by atoms with Gasteiger partial charge in [0, 0.05) is 25.7 Å². The summed E-state index contributed by atoms with van der Waals surface area (Å²) in [6.07, 6.45) is 7.02. The van der Waals surface area contributed by atoms with Gasteiger partial charge in [0.2, 0.25) is 10.0 Å². The van der Waals surface area contributed by atoms with Crippen LogP contribution in [0.15, 0.2) is 23.1 Å². The number of likely N-dealkylation sites (tertiary alicyclic amines) is 1. The number of halogens is 2. The zero-order valence-corrected chi connectivity index (χ0v) is 17.5. The number of nitrogens with zero attached hydrogens (tertiary/aromatic N) is 1. The molecule has 0 bridgehead atoms. The number of nitrogens with two attached hydrogens (primary N) is 1. The van der Waals surface area contributed by atoms with Crippen LogP contribution in [0.25, 0.3) is 0 Å². The van der Waals surface area contributed by atoms with E-state index in [2.05, 4.69) is 4.72 Å². The van der Waals surface area contributed by atoms with Crippen LogP contribution in [0.5, 0.6) is 0 Å². The van der Waals surface area contributed by atoms with Crippen molar-refractivity contribution < 1.29 is 17.6 Å². The highest BCUT2D eigenvalue weighted by atomic mass is 35.5. The molecule has 1 atom stereocenters. The van der Waals surface area contributed by atoms with Gasteiger partial charge in [0.15, 0.2) is 0 Å². The first-order valence-corrected chi connectivity index (χ1v) is 11.2. The van der Waals surface area contributed by atoms with Crippen molar-refractivity contribution in [1.29, 1.82) is 0 Å². The summed E-state index contributed by atoms with van der Waals surface area (Å²) in [5.41, 5.74) is 5.72. The fourth-order valence-electron chi connectivity index (χ4n) is 4.07. The zero-order chi connectivity index (χ0) is 19.4. The minimum atomic E-state index is -3.90. The molecule has 1 amide bonds. The molecule has 1 saturated heterocycles. The minimum Gasteiger partial charge on any atom is -0.339 e. The van der Waals surface area contributed by atoms with E-state index in [1.165, 1.54) is 12.1 Å². The van der Waals surface area contributed by atoms with Crippen molar-refractivity contribution in [3.05, 3.63) is 29.6 Å². The van der Waals surface area contributed by atoms with Crippen LogP contribution in [-0.4, -0.2) is 44.9 Å². The van der Waals surface area contributed by atoms with E-state index in [4.69, 9.17) is 5.73 Å². The number of carbonyl (C=O) groups excluding carboxylic acids is 1. The summed E-state index contributed by atoms with van der Waals surface area (Å²) in [5.74, 6) is -0.986. The second-order valence-electron chi connectivity index (χ2n) is 7.50. The van der Waals surface area contributed by atoms with Crippen LogP contribution in [0.4, 0.5) is 4.39 Å². The SMILES string of the molecule is Cl.NCC(NS(=O)(=O)c1ccc(C(=O)N2CCCC2)c(F)c1)C1CCCCC1. The maximum atomic E-state index is 14.5. The first kappa shape index (κ1) is 23.1. The Morgan fingerprint density at radius 2 is 1.82 bits per heavy atom. The monoisotopic (exact) mass is 433 g/mol. The molecule has 158 valence electrons. The summed E-state index contributed by atoms with van der Waals surface area (Å²) >= 11 is 0. The fraction of sp³-hybridized carbons (Fsp3) is 0.632. The number of sulfonamides is 1. The van der Waals surface area contributed by atoms with Gasteiger partial charge in [0.1, 0.15) is 5.82 Å². The molecule has 2 fully saturated rings. The lowest BCUT2D eigenvalue weighted by atomic mass is 9.84. The predicted octanol–water partition coefficient (Wildman–Crippen LogP) is 2.67. The number of hydrogen-bond acceptors (Lipinski definition) is 4. The Morgan fingerprint density at radius 3 is 2.39 bits per heavy atom. The maximum absolute atomic E-state index is 14.5. The number of nitrogens with one attached hydrogen (secondary N) is 1. The van der Waals surface area contributed by atoms with E-state index in [0.29, 0.717) is 13.1 Å². The van der Waals surface area contributed by atoms with Crippen molar-refractivity contribution >= 4 is 28.3 Å². The van der Waals surface area contributed by atoms with Crippen LogP contribution in [0, 0.1) is 11.7 Å². The lowest BCUT2D eigenvalue weighted by Crippen LogP contribution is -2.45. The van der Waals surface area contributed by atoms with Crippen LogP contribution in [0.3, 0.4) is 0 Å². The number of rotatable bonds is 6. The fourth-order valence-corrected chi connectivity index (χ4v) is 5.40. The molecule has 1 aromatic carbocycles. The predicted molar refractivity (Wildman–Crippen MR) is 109 cm³/mol. The molecule has 2 aliphatic rings. The molecule has 1 aromatic rings. The minimum absolute atomic E-state index is 0. The topological polar surface area (TPSA) is 92.5 Å². The van der Waals surface area contributed by atoms with Gasteiger partial charge in [0.25, 0.3) is 5.91 Å². The van der Waals surface area contributed by atoms with E-state index >= 15 is 0 Å². The second-order valence-corrected chi connectivity index (χ2v) is 9.22. The normalized spacial score (nSPS) is 19.3. The van der Waals surface area contributed by atoms with Crippen molar-refractivity contribution in [2.24, 2.45) is 11.7 Å². The van der Waals surface area contributed by atoms with Crippen molar-refractivity contribution in [1.82, 2.24) is 9.62 Å². The van der Waals surface area contributed by atoms with Gasteiger partial charge in [-0.05, 0) is 49.8 Å². The lowest BCUT2D eigenvalue weighted by Gasteiger charge is -2.29. The molecule has 3 N–H and O–H groups in total. The van der Waals surface area contributed by atoms with Crippen LogP contribution in [0.1, 0.15) is 55.3 Å². The van der Waals surface area contributed by atoms with Crippen LogP contribution in [0.2, 0.25) is 0 Å². The highest BCUT2D eigenvalue weighted by Crippen LogP contribution is 2.27. The zero-order valence-electron chi connectivity index (χ0n) is 15.9. The van der Waals surface area contributed by atoms with Gasteiger partial charge in [-0.3, -0.25) is 4.79 Å². The van der Waals surface area contributed by atoms with Crippen LogP contribution in [-0.2, 0) is 10.0 Å². The molecule has 1 unspecified atom stereocenters. The molecule has 1 aliphatic carbocycles. The molecular formula is C19H29ClFN3O3S. The largest absolute Gasteiger partial charge is 0.339 e. The average Bonchev–Trinajstić information content (AvgIpc) is 3.21. The van der Waals surface area contributed by atoms with E-state index in [1.807, 2.05) is 0 Å². The molecule has 1 aliphatic heterocycles. The van der Waals surface area contributed by atoms with Gasteiger partial charge in [-0.2, -0.15) is 0 Å². The summed E-state index contributed by atoms with van der Waals surface area (Å²) in [6, 6.07) is 3.13. The van der Waals surface area contributed by atoms with Gasteiger partial charge in [-0.15, -0.1) is 12.4 Å². The summed E-state index contributed by atoms with van der Waals surface area (Å²) in [6.45, 7) is 1.43. The van der Waals surface area contributed by atoms with Gasteiger partial charge < -0.3 is 10.6 Å². The summed E-state index contributed by atoms with van der Waals surface area (Å²) in [5, 5.41) is 0. The Labute approximate surface area is 172 Å². The molecule has 0 aromatic heterocycles. The summed E-state index contributed by atoms with van der Waals surface area (Å²) in [7, 11) is -3.90. The van der Waals surface area contributed by atoms with E-state index < -0.39 is 15.8 Å². The number of benzene rings is 1. The van der Waals surface area contributed by atoms with E-state index in [1.54, 1.807) is 4.90 Å². The molecule has 6 nitrogen and oxygen atoms in total. The third-order valence-corrected chi connectivity index (χ3v) is 7.14. The standard InChI is InChI=1S/C19H28FN3O3S.ClH/c20-17-12-15(8-9-16(17)19(24)23-10-4-5-11-23)27(25,26)22-18(13-21)14-6-2-1-3-7-14;/h8-9,12,14,18,22H,1-7,10-11,13,21H2;1H. The van der Waals surface area contributed by atoms with Crippen molar-refractivity contribution in [3.63, 3.8) is 0 Å². The Kier molecular flexibility index (Phi) is 8.24. The van der Waals surface area contributed by atoms with Crippen molar-refractivity contribution in [2.45, 2.75) is 55.9 Å². The molecule has 0 spiro atoms. The average molecular weight is 434 g/mol. The Bertz CT molecular complexity index is 779. The Hall–Kier alpha value is -1.22. The second kappa shape index (κ2) is 10.0. The highest BCUT2D eigenvalue weighted by molar-refractivity contribution is 7.89. The molecule has 1 saturated carbocycles. The number of hydrogen-bond donors (Lipinski definition) is 2. The molecule has 0 radical (unpaired) electrons. The van der Waals surface area contributed by atoms with Gasteiger partial charge in [-0.25, -0.2) is 17.5 Å². The first-order chi connectivity index (χ1) is 12.9. The third-order valence-electron chi connectivity index (χ3n) is 5.65. The molecular weight excluding hydrogens is 405 g/mol. The molecule has 3 rings (SSSR count). The highest BCUT2D eigenvalue weighted by Gasteiger charge is 2.29.